The van der Waals surface area contributed by atoms with Crippen molar-refractivity contribution < 1.29 is 8.23 Å². The van der Waals surface area contributed by atoms with Crippen molar-refractivity contribution in [3.05, 3.63) is 156 Å². The zero-order valence-electron chi connectivity index (χ0n) is 38.2. The van der Waals surface area contributed by atoms with Gasteiger partial charge in [0.2, 0.25) is 0 Å². The van der Waals surface area contributed by atoms with Crippen LogP contribution in [0.2, 0.25) is 38.3 Å². The molecule has 4 aliphatic rings. The van der Waals surface area contributed by atoms with Gasteiger partial charge in [-0.2, -0.15) is 0 Å². The van der Waals surface area contributed by atoms with E-state index in [9.17, 15) is 0 Å². The second kappa shape index (κ2) is 17.6. The van der Waals surface area contributed by atoms with Gasteiger partial charge in [-0.3, -0.25) is 8.47 Å². The molecular formula is C52H58N8O2Si3. The molecule has 0 unspecified atom stereocenters. The first-order valence-electron chi connectivity index (χ1n) is 23.5. The molecule has 0 aliphatic carbocycles. The molecule has 10 nitrogen and oxygen atoms in total. The monoisotopic (exact) mass is 910 g/mol. The lowest BCUT2D eigenvalue weighted by atomic mass is 10.1. The van der Waals surface area contributed by atoms with E-state index in [0.29, 0.717) is 46.0 Å². The highest BCUT2D eigenvalue weighted by Crippen LogP contribution is 2.45. The summed E-state index contributed by atoms with van der Waals surface area (Å²) in [6.45, 7) is 17.4. The van der Waals surface area contributed by atoms with Gasteiger partial charge in [-0.05, 0) is 64.0 Å². The van der Waals surface area contributed by atoms with Crippen LogP contribution < -0.4 is 11.0 Å². The third-order valence-corrected chi connectivity index (χ3v) is 24.7. The SMILES string of the molecule is C=CCCCCCC[Si](C)(C)O[Si]1(O[Si](C)(C)CCCCCCC=C)n2c3c4ccccc4c2N=C2N=C(N=c4c5ccccc5c(n41)=NC1=NC(=N3)c3ccccc31)c1ccccc12. The number of fused-ring (bicyclic) bond motifs is 14. The second-order valence-electron chi connectivity index (χ2n) is 18.9. The van der Waals surface area contributed by atoms with E-state index in [2.05, 4.69) is 121 Å². The number of nitrogens with zero attached hydrogens (tertiary/aromatic N) is 8. The summed E-state index contributed by atoms with van der Waals surface area (Å²) in [6.07, 6.45) is 15.1. The highest BCUT2D eigenvalue weighted by atomic mass is 28.5. The summed E-state index contributed by atoms with van der Waals surface area (Å²) in [5.41, 5.74) is 5.13. The molecule has 65 heavy (non-hydrogen) atoms. The van der Waals surface area contributed by atoms with Crippen LogP contribution in [0.25, 0.3) is 21.5 Å². The van der Waals surface area contributed by atoms with Crippen molar-refractivity contribution >= 4 is 82.0 Å². The van der Waals surface area contributed by atoms with Crippen LogP contribution in [-0.4, -0.2) is 57.3 Å². The molecule has 0 saturated heterocycles. The summed E-state index contributed by atoms with van der Waals surface area (Å²) in [7, 11) is -9.56. The standard InChI is InChI=1S/C52H58N8O2Si3/c1-7-9-11-13-15-25-35-63(3,4)61-65(62-64(5,6)36-26-16-14-12-10-8-2)59-49-41-31-21-22-32-42(41)51(59)57-47-39-29-19-20-30-40(39)48(54-47)58-52-44-34-24-23-33-43(44)50(60(52)65)56-46-38-28-18-17-27-37(38)45(53-46)55-49/h7-8,17-24,27-34H,1-2,9-16,25-26,35-36H2,3-6H3. The van der Waals surface area contributed by atoms with Gasteiger partial charge in [0.15, 0.2) is 40.0 Å². The lowest BCUT2D eigenvalue weighted by Gasteiger charge is -2.43. The first-order valence-corrected chi connectivity index (χ1v) is 31.4. The highest BCUT2D eigenvalue weighted by molar-refractivity contribution is 6.88. The van der Waals surface area contributed by atoms with E-state index in [1.807, 2.05) is 36.4 Å². The smallest absolute Gasteiger partial charge is 0.404 e. The number of aliphatic imine (C=N–C) groups is 4. The molecule has 6 bridgehead atoms. The minimum atomic E-state index is -4.22. The van der Waals surface area contributed by atoms with E-state index < -0.39 is 25.5 Å². The predicted octanol–water partition coefficient (Wildman–Crippen LogP) is 12.1. The molecule has 0 spiro atoms. The molecule has 0 N–H and O–H groups in total. The quantitative estimate of drug-likeness (QED) is 0.0487. The highest BCUT2D eigenvalue weighted by Gasteiger charge is 2.57. The van der Waals surface area contributed by atoms with Gasteiger partial charge >= 0.3 is 8.88 Å². The van der Waals surface area contributed by atoms with Gasteiger partial charge in [0, 0.05) is 43.8 Å². The topological polar surface area (TPSA) is 102 Å². The summed E-state index contributed by atoms with van der Waals surface area (Å²) >= 11 is 0. The lowest BCUT2D eigenvalue weighted by molar-refractivity contribution is 0.332. The Kier molecular flexibility index (Phi) is 11.7. The molecule has 6 heterocycles. The van der Waals surface area contributed by atoms with Crippen molar-refractivity contribution in [3.8, 4) is 0 Å². The molecule has 10 rings (SSSR count). The Labute approximate surface area is 385 Å². The molecule has 4 aliphatic heterocycles. The number of hydrogen-bond donors (Lipinski definition) is 0. The minimum Gasteiger partial charge on any atom is -0.404 e. The predicted molar refractivity (Wildman–Crippen MR) is 274 cm³/mol. The second-order valence-corrected chi connectivity index (χ2v) is 30.5. The number of unbranched alkanes of at least 4 members (excludes halogenated alkanes) is 8. The van der Waals surface area contributed by atoms with Crippen molar-refractivity contribution in [1.29, 1.82) is 0 Å². The van der Waals surface area contributed by atoms with E-state index in [1.165, 1.54) is 0 Å². The number of benzene rings is 4. The molecule has 330 valence electrons. The van der Waals surface area contributed by atoms with Gasteiger partial charge in [0.1, 0.15) is 22.6 Å². The Hall–Kier alpha value is -5.71. The average molecular weight is 911 g/mol. The van der Waals surface area contributed by atoms with Gasteiger partial charge in [0.25, 0.3) is 0 Å². The van der Waals surface area contributed by atoms with Gasteiger partial charge in [0.05, 0.1) is 0 Å². The van der Waals surface area contributed by atoms with Crippen LogP contribution in [0.4, 0.5) is 11.6 Å². The summed E-state index contributed by atoms with van der Waals surface area (Å²) in [5.74, 6) is 3.82. The summed E-state index contributed by atoms with van der Waals surface area (Å²) < 4.78 is 21.3. The van der Waals surface area contributed by atoms with Crippen LogP contribution in [0, 0.1) is 0 Å². The van der Waals surface area contributed by atoms with E-state index in [4.69, 9.17) is 38.2 Å². The number of amidine groups is 4. The summed E-state index contributed by atoms with van der Waals surface area (Å²) in [5, 5.41) is 3.77. The van der Waals surface area contributed by atoms with Crippen LogP contribution >= 0.6 is 0 Å². The van der Waals surface area contributed by atoms with E-state index in [-0.39, 0.29) is 0 Å². The van der Waals surface area contributed by atoms with Crippen LogP contribution in [0.1, 0.15) is 86.5 Å². The summed E-state index contributed by atoms with van der Waals surface area (Å²) in [6, 6.07) is 35.5. The van der Waals surface area contributed by atoms with Gasteiger partial charge in [-0.1, -0.05) is 148 Å². The van der Waals surface area contributed by atoms with Gasteiger partial charge in [-0.15, -0.1) is 13.2 Å². The fourth-order valence-electron chi connectivity index (χ4n) is 9.85. The fourth-order valence-corrected chi connectivity index (χ4v) is 22.6. The molecule has 0 radical (unpaired) electrons. The van der Waals surface area contributed by atoms with Crippen LogP contribution in [0.3, 0.4) is 0 Å². The number of rotatable bonds is 18. The summed E-state index contributed by atoms with van der Waals surface area (Å²) in [4.78, 5) is 33.2. The molecule has 0 amide bonds. The molecule has 13 heteroatoms. The van der Waals surface area contributed by atoms with Crippen molar-refractivity contribution in [2.24, 2.45) is 30.0 Å². The largest absolute Gasteiger partial charge is 0.582 e. The number of hydrogen-bond acceptors (Lipinski definition) is 8. The Morgan fingerprint density at radius 2 is 0.800 bits per heavy atom. The molecule has 0 saturated carbocycles. The van der Waals surface area contributed by atoms with Crippen molar-refractivity contribution in [2.75, 3.05) is 0 Å². The maximum atomic E-state index is 8.37. The third kappa shape index (κ3) is 7.96. The van der Waals surface area contributed by atoms with Gasteiger partial charge in [-0.25, -0.2) is 30.0 Å². The van der Waals surface area contributed by atoms with Crippen molar-refractivity contribution in [3.63, 3.8) is 0 Å². The molecular weight excluding hydrogens is 853 g/mol. The van der Waals surface area contributed by atoms with E-state index in [1.54, 1.807) is 0 Å². The molecule has 4 aromatic carbocycles. The Morgan fingerprint density at radius 1 is 0.446 bits per heavy atom. The zero-order valence-corrected chi connectivity index (χ0v) is 41.2. The molecule has 2 aromatic heterocycles. The first-order chi connectivity index (χ1) is 31.6. The Morgan fingerprint density at radius 3 is 1.20 bits per heavy atom. The lowest BCUT2D eigenvalue weighted by Crippen LogP contribution is -2.70. The van der Waals surface area contributed by atoms with Gasteiger partial charge < -0.3 is 8.23 Å². The van der Waals surface area contributed by atoms with Crippen molar-refractivity contribution in [1.82, 2.24) is 8.47 Å². The minimum absolute atomic E-state index is 0.603. The van der Waals surface area contributed by atoms with Crippen LogP contribution in [0.15, 0.2) is 152 Å². The maximum Gasteiger partial charge on any atom is 0.582 e. The Bertz CT molecular complexity index is 2940. The molecule has 0 fully saturated rings. The fraction of sp³-hybridized carbons (Fsp3) is 0.308. The third-order valence-electron chi connectivity index (χ3n) is 13.0. The van der Waals surface area contributed by atoms with Crippen LogP contribution in [0.5, 0.6) is 0 Å². The number of aromatic nitrogens is 2. The van der Waals surface area contributed by atoms with Crippen LogP contribution in [-0.2, 0) is 8.23 Å². The van der Waals surface area contributed by atoms with E-state index >= 15 is 0 Å². The molecule has 0 atom stereocenters. The number of allylic oxidation sites excluding steroid dienone is 2. The maximum absolute atomic E-state index is 8.37. The Balaban J connectivity index is 1.35. The normalized spacial score (nSPS) is 15.6. The zero-order chi connectivity index (χ0) is 44.8. The molecule has 6 aromatic rings. The first kappa shape index (κ1) is 43.2. The van der Waals surface area contributed by atoms with E-state index in [0.717, 1.165) is 120 Å². The van der Waals surface area contributed by atoms with Crippen molar-refractivity contribution in [2.45, 2.75) is 102 Å². The average Bonchev–Trinajstić information content (AvgIpc) is 4.02.